The molecule has 21 heavy (non-hydrogen) atoms. The van der Waals surface area contributed by atoms with Crippen molar-refractivity contribution in [3.63, 3.8) is 0 Å². The van der Waals surface area contributed by atoms with Crippen LogP contribution >= 0.6 is 0 Å². The fourth-order valence-corrected chi connectivity index (χ4v) is 2.01. The van der Waals surface area contributed by atoms with Crippen LogP contribution in [0.2, 0.25) is 0 Å². The number of hydrogen-bond donors (Lipinski definition) is 0. The van der Waals surface area contributed by atoms with E-state index in [9.17, 15) is 19.7 Å². The van der Waals surface area contributed by atoms with Crippen LogP contribution in [0.1, 0.15) is 39.6 Å². The normalized spacial score (nSPS) is 10.1. The fourth-order valence-electron chi connectivity index (χ4n) is 2.01. The molecule has 0 atom stereocenters. The second kappa shape index (κ2) is 6.09. The van der Waals surface area contributed by atoms with Crippen LogP contribution in [0, 0.1) is 10.1 Å². The van der Waals surface area contributed by atoms with Crippen molar-refractivity contribution in [2.45, 2.75) is 13.3 Å². The molecule has 0 radical (unpaired) electrons. The summed E-state index contributed by atoms with van der Waals surface area (Å²) in [6.07, 6.45) is 0.177. The highest BCUT2D eigenvalue weighted by Gasteiger charge is 2.20. The quantitative estimate of drug-likeness (QED) is 0.478. The van der Waals surface area contributed by atoms with E-state index in [-0.39, 0.29) is 34.8 Å². The number of benzene rings is 2. The second-order valence-electron chi connectivity index (χ2n) is 4.46. The molecule has 2 rings (SSSR count). The van der Waals surface area contributed by atoms with Crippen LogP contribution in [-0.2, 0) is 0 Å². The van der Waals surface area contributed by atoms with Gasteiger partial charge < -0.3 is 0 Å². The summed E-state index contributed by atoms with van der Waals surface area (Å²) in [7, 11) is 0. The van der Waals surface area contributed by atoms with Gasteiger partial charge in [0.2, 0.25) is 0 Å². The first-order chi connectivity index (χ1) is 10.0. The van der Waals surface area contributed by atoms with Crippen molar-refractivity contribution < 1.29 is 14.5 Å². The maximum atomic E-state index is 12.4. The van der Waals surface area contributed by atoms with Gasteiger partial charge in [-0.3, -0.25) is 19.7 Å². The van der Waals surface area contributed by atoms with E-state index in [2.05, 4.69) is 0 Å². The SMILES string of the molecule is CCC(=O)c1cc([N+](=O)[O-])ccc1C(=O)c1ccccc1. The van der Waals surface area contributed by atoms with E-state index in [1.807, 2.05) is 0 Å². The Morgan fingerprint density at radius 3 is 2.29 bits per heavy atom. The average Bonchev–Trinajstić information content (AvgIpc) is 2.53. The molecule has 0 aliphatic heterocycles. The van der Waals surface area contributed by atoms with Gasteiger partial charge in [-0.05, 0) is 6.07 Å². The Balaban J connectivity index is 2.55. The largest absolute Gasteiger partial charge is 0.294 e. The number of nitro groups is 1. The van der Waals surface area contributed by atoms with Crippen molar-refractivity contribution in [2.24, 2.45) is 0 Å². The Morgan fingerprint density at radius 1 is 1.05 bits per heavy atom. The molecule has 2 aromatic carbocycles. The molecule has 0 fully saturated rings. The van der Waals surface area contributed by atoms with Gasteiger partial charge in [-0.1, -0.05) is 37.3 Å². The lowest BCUT2D eigenvalue weighted by Gasteiger charge is -2.07. The van der Waals surface area contributed by atoms with E-state index >= 15 is 0 Å². The Bertz CT molecular complexity index is 707. The van der Waals surface area contributed by atoms with E-state index in [0.29, 0.717) is 5.56 Å². The van der Waals surface area contributed by atoms with Crippen LogP contribution in [0.15, 0.2) is 48.5 Å². The molecule has 5 heteroatoms. The number of carbonyl (C=O) groups excluding carboxylic acids is 2. The highest BCUT2D eigenvalue weighted by molar-refractivity contribution is 6.15. The molecule has 0 aliphatic carbocycles. The van der Waals surface area contributed by atoms with Crippen LogP contribution < -0.4 is 0 Å². The first kappa shape index (κ1) is 14.6. The summed E-state index contributed by atoms with van der Waals surface area (Å²) in [4.78, 5) is 34.7. The summed E-state index contributed by atoms with van der Waals surface area (Å²) < 4.78 is 0. The average molecular weight is 283 g/mol. The fraction of sp³-hybridized carbons (Fsp3) is 0.125. The highest BCUT2D eigenvalue weighted by Crippen LogP contribution is 2.22. The maximum Gasteiger partial charge on any atom is 0.270 e. The van der Waals surface area contributed by atoms with Gasteiger partial charge in [-0.2, -0.15) is 0 Å². The zero-order valence-corrected chi connectivity index (χ0v) is 11.4. The van der Waals surface area contributed by atoms with E-state index in [4.69, 9.17) is 0 Å². The summed E-state index contributed by atoms with van der Waals surface area (Å²) in [5, 5.41) is 10.8. The number of hydrogen-bond acceptors (Lipinski definition) is 4. The van der Waals surface area contributed by atoms with Crippen molar-refractivity contribution in [1.82, 2.24) is 0 Å². The van der Waals surface area contributed by atoms with Gasteiger partial charge in [0.1, 0.15) is 0 Å². The molecular weight excluding hydrogens is 270 g/mol. The summed E-state index contributed by atoms with van der Waals surface area (Å²) in [6.45, 7) is 1.65. The Hall–Kier alpha value is -2.82. The van der Waals surface area contributed by atoms with Crippen molar-refractivity contribution in [2.75, 3.05) is 0 Å². The smallest absolute Gasteiger partial charge is 0.270 e. The molecule has 106 valence electrons. The summed E-state index contributed by atoms with van der Waals surface area (Å²) in [5.41, 5.74) is 0.534. The third kappa shape index (κ3) is 3.02. The molecule has 0 bridgehead atoms. The molecular formula is C16H13NO4. The zero-order chi connectivity index (χ0) is 15.4. The summed E-state index contributed by atoms with van der Waals surface area (Å²) >= 11 is 0. The minimum absolute atomic E-state index is 0.0977. The number of carbonyl (C=O) groups is 2. The summed E-state index contributed by atoms with van der Waals surface area (Å²) in [5.74, 6) is -0.611. The van der Waals surface area contributed by atoms with Gasteiger partial charge in [-0.25, -0.2) is 0 Å². The number of Topliss-reactive ketones (excluding diaryl/α,β-unsaturated/α-hetero) is 1. The minimum Gasteiger partial charge on any atom is -0.294 e. The van der Waals surface area contributed by atoms with Gasteiger partial charge in [0.25, 0.3) is 5.69 Å². The number of nitro benzene ring substituents is 1. The molecule has 0 heterocycles. The van der Waals surface area contributed by atoms with E-state index in [0.717, 1.165) is 0 Å². The minimum atomic E-state index is -0.580. The van der Waals surface area contributed by atoms with E-state index in [1.54, 1.807) is 37.3 Å². The molecule has 0 saturated heterocycles. The van der Waals surface area contributed by atoms with E-state index in [1.165, 1.54) is 18.2 Å². The highest BCUT2D eigenvalue weighted by atomic mass is 16.6. The third-order valence-corrected chi connectivity index (χ3v) is 3.12. The molecule has 0 N–H and O–H groups in total. The lowest BCUT2D eigenvalue weighted by Crippen LogP contribution is -2.10. The predicted octanol–water partition coefficient (Wildman–Crippen LogP) is 3.42. The standard InChI is InChI=1S/C16H13NO4/c1-2-15(18)14-10-12(17(20)21)8-9-13(14)16(19)11-6-4-3-5-7-11/h3-10H,2H2,1H3. The van der Waals surface area contributed by atoms with Gasteiger partial charge in [-0.15, -0.1) is 0 Å². The first-order valence-electron chi connectivity index (χ1n) is 6.46. The molecule has 0 unspecified atom stereocenters. The molecule has 0 saturated carbocycles. The lowest BCUT2D eigenvalue weighted by atomic mass is 9.94. The number of nitrogens with zero attached hydrogens (tertiary/aromatic N) is 1. The van der Waals surface area contributed by atoms with Crippen LogP contribution in [0.4, 0.5) is 5.69 Å². The number of ketones is 2. The third-order valence-electron chi connectivity index (χ3n) is 3.12. The monoisotopic (exact) mass is 283 g/mol. The maximum absolute atomic E-state index is 12.4. The van der Waals surface area contributed by atoms with Crippen LogP contribution in [0.25, 0.3) is 0 Å². The molecule has 0 aliphatic rings. The Labute approximate surface area is 121 Å². The lowest BCUT2D eigenvalue weighted by molar-refractivity contribution is -0.384. The molecule has 2 aromatic rings. The van der Waals surface area contributed by atoms with Crippen LogP contribution in [0.3, 0.4) is 0 Å². The van der Waals surface area contributed by atoms with Crippen molar-refractivity contribution >= 4 is 17.3 Å². The molecule has 5 nitrogen and oxygen atoms in total. The van der Waals surface area contributed by atoms with Gasteiger partial charge in [0, 0.05) is 35.2 Å². The molecule has 0 spiro atoms. The van der Waals surface area contributed by atoms with E-state index < -0.39 is 4.92 Å². The second-order valence-corrected chi connectivity index (χ2v) is 4.46. The predicted molar refractivity (Wildman–Crippen MR) is 77.6 cm³/mol. The van der Waals surface area contributed by atoms with Crippen molar-refractivity contribution in [3.05, 3.63) is 75.3 Å². The Kier molecular flexibility index (Phi) is 4.23. The zero-order valence-electron chi connectivity index (χ0n) is 11.4. The van der Waals surface area contributed by atoms with Crippen LogP contribution in [0.5, 0.6) is 0 Å². The topological polar surface area (TPSA) is 77.3 Å². The van der Waals surface area contributed by atoms with Gasteiger partial charge >= 0.3 is 0 Å². The van der Waals surface area contributed by atoms with Gasteiger partial charge in [0.05, 0.1) is 4.92 Å². The number of rotatable bonds is 5. The number of non-ortho nitro benzene ring substituents is 1. The molecule has 0 aromatic heterocycles. The van der Waals surface area contributed by atoms with Gasteiger partial charge in [0.15, 0.2) is 11.6 Å². The Morgan fingerprint density at radius 2 is 1.71 bits per heavy atom. The first-order valence-corrected chi connectivity index (χ1v) is 6.46. The van der Waals surface area contributed by atoms with Crippen molar-refractivity contribution in [3.8, 4) is 0 Å². The molecule has 0 amide bonds. The summed E-state index contributed by atoms with van der Waals surface area (Å²) in [6, 6.07) is 12.3. The van der Waals surface area contributed by atoms with Crippen LogP contribution in [-0.4, -0.2) is 16.5 Å². The van der Waals surface area contributed by atoms with Crippen molar-refractivity contribution in [1.29, 1.82) is 0 Å².